The summed E-state index contributed by atoms with van der Waals surface area (Å²) < 4.78 is 14.2. The number of hydrogen-bond acceptors (Lipinski definition) is 5. The van der Waals surface area contributed by atoms with Crippen LogP contribution in [-0.4, -0.2) is 31.2 Å². The minimum absolute atomic E-state index is 0.402. The first-order valence-electron chi connectivity index (χ1n) is 4.65. The summed E-state index contributed by atoms with van der Waals surface area (Å²) in [5.74, 6) is -0.0197. The van der Waals surface area contributed by atoms with Gasteiger partial charge in [-0.2, -0.15) is 0 Å². The third kappa shape index (κ3) is 3.83. The molecule has 1 atom stereocenters. The van der Waals surface area contributed by atoms with Gasteiger partial charge in [-0.3, -0.25) is 4.79 Å². The van der Waals surface area contributed by atoms with Crippen molar-refractivity contribution in [2.75, 3.05) is 14.2 Å². The molecule has 5 nitrogen and oxygen atoms in total. The lowest BCUT2D eigenvalue weighted by Gasteiger charge is -2.13. The Morgan fingerprint density at radius 3 is 2.18 bits per heavy atom. The van der Waals surface area contributed by atoms with Gasteiger partial charge in [0.1, 0.15) is 5.75 Å². The first kappa shape index (κ1) is 13.7. The molecule has 1 aromatic rings. The van der Waals surface area contributed by atoms with Crippen molar-refractivity contribution in [1.82, 2.24) is 0 Å². The van der Waals surface area contributed by atoms with Gasteiger partial charge in [-0.25, -0.2) is 4.79 Å². The highest BCUT2D eigenvalue weighted by atomic mass is 79.9. The van der Waals surface area contributed by atoms with Crippen molar-refractivity contribution in [3.8, 4) is 5.75 Å². The van der Waals surface area contributed by atoms with E-state index in [2.05, 4.69) is 20.7 Å². The van der Waals surface area contributed by atoms with Gasteiger partial charge >= 0.3 is 5.97 Å². The molecule has 1 aromatic carbocycles. The summed E-state index contributed by atoms with van der Waals surface area (Å²) in [7, 11) is 2.66. The maximum absolute atomic E-state index is 11.2. The molecule has 92 valence electrons. The number of halogens is 1. The summed E-state index contributed by atoms with van der Waals surface area (Å²) in [6.07, 6.45) is -1.01. The fraction of sp³-hybridized carbons (Fsp3) is 0.273. The van der Waals surface area contributed by atoms with Gasteiger partial charge in [0.25, 0.3) is 11.0 Å². The average Bonchev–Trinajstić information content (AvgIpc) is 2.35. The molecule has 0 saturated carbocycles. The molecule has 1 unspecified atom stereocenters. The smallest absolute Gasteiger partial charge is 0.337 e. The number of benzene rings is 1. The molecular formula is C11H11BrO5. The second-order valence-electron chi connectivity index (χ2n) is 3.01. The van der Waals surface area contributed by atoms with Crippen LogP contribution in [0.3, 0.4) is 0 Å². The molecule has 0 spiro atoms. The highest BCUT2D eigenvalue weighted by Gasteiger charge is 2.16. The van der Waals surface area contributed by atoms with Gasteiger partial charge in [0.15, 0.2) is 0 Å². The van der Waals surface area contributed by atoms with Gasteiger partial charge in [0, 0.05) is 7.11 Å². The van der Waals surface area contributed by atoms with E-state index in [9.17, 15) is 9.59 Å². The van der Waals surface area contributed by atoms with E-state index in [1.807, 2.05) is 0 Å². The third-order valence-electron chi connectivity index (χ3n) is 1.92. The van der Waals surface area contributed by atoms with Crippen LogP contribution in [0.15, 0.2) is 24.3 Å². The molecule has 0 fully saturated rings. The molecule has 0 aliphatic rings. The number of carbonyl (C=O) groups excluding carboxylic acids is 2. The lowest BCUT2D eigenvalue weighted by Crippen LogP contribution is -2.25. The molecule has 0 bridgehead atoms. The summed E-state index contributed by atoms with van der Waals surface area (Å²) in [4.78, 5) is 22.2. The molecule has 0 aliphatic carbocycles. The van der Waals surface area contributed by atoms with Crippen LogP contribution in [0.25, 0.3) is 0 Å². The Kier molecular flexibility index (Phi) is 5.11. The van der Waals surface area contributed by atoms with Crippen LogP contribution >= 0.6 is 15.9 Å². The molecule has 0 aliphatic heterocycles. The summed E-state index contributed by atoms with van der Waals surface area (Å²) in [6, 6.07) is 6.17. The van der Waals surface area contributed by atoms with E-state index in [0.717, 1.165) is 0 Å². The van der Waals surface area contributed by atoms with E-state index < -0.39 is 17.0 Å². The molecule has 0 amide bonds. The van der Waals surface area contributed by atoms with E-state index in [1.54, 1.807) is 12.1 Å². The van der Waals surface area contributed by atoms with Crippen molar-refractivity contribution in [2.45, 2.75) is 6.29 Å². The first-order chi connectivity index (χ1) is 8.08. The minimum atomic E-state index is -1.01. The van der Waals surface area contributed by atoms with Crippen LogP contribution in [0, 0.1) is 0 Å². The minimum Gasteiger partial charge on any atom is -0.465 e. The average molecular weight is 303 g/mol. The highest BCUT2D eigenvalue weighted by Crippen LogP contribution is 2.15. The van der Waals surface area contributed by atoms with Crippen LogP contribution in [0.1, 0.15) is 10.4 Å². The summed E-state index contributed by atoms with van der Waals surface area (Å²) in [6.45, 7) is 0. The Bertz CT molecular complexity index is 401. The topological polar surface area (TPSA) is 61.8 Å². The predicted molar refractivity (Wildman–Crippen MR) is 63.1 cm³/mol. The molecule has 0 aromatic heterocycles. The number of methoxy groups -OCH3 is 2. The van der Waals surface area contributed by atoms with Crippen molar-refractivity contribution in [1.29, 1.82) is 0 Å². The standard InChI is InChI=1S/C11H11BrO5/c1-15-10(14)7-3-5-8(6-4-7)17-11(16-2)9(12)13/h3-6,11H,1-2H3. The van der Waals surface area contributed by atoms with Gasteiger partial charge in [0.05, 0.1) is 12.7 Å². The number of carbonyl (C=O) groups is 2. The molecular weight excluding hydrogens is 292 g/mol. The fourth-order valence-electron chi connectivity index (χ4n) is 1.10. The van der Waals surface area contributed by atoms with Crippen molar-refractivity contribution < 1.29 is 23.8 Å². The first-order valence-corrected chi connectivity index (χ1v) is 5.45. The quantitative estimate of drug-likeness (QED) is 0.471. The molecule has 0 N–H and O–H groups in total. The van der Waals surface area contributed by atoms with Gasteiger partial charge < -0.3 is 14.2 Å². The predicted octanol–water partition coefficient (Wildman–Crippen LogP) is 1.75. The third-order valence-corrected chi connectivity index (χ3v) is 2.29. The van der Waals surface area contributed by atoms with Crippen LogP contribution in [0.4, 0.5) is 0 Å². The van der Waals surface area contributed by atoms with Crippen LogP contribution < -0.4 is 4.74 Å². The molecule has 0 heterocycles. The molecule has 17 heavy (non-hydrogen) atoms. The Morgan fingerprint density at radius 1 is 1.18 bits per heavy atom. The maximum Gasteiger partial charge on any atom is 0.337 e. The van der Waals surface area contributed by atoms with Gasteiger partial charge in [-0.05, 0) is 40.2 Å². The highest BCUT2D eigenvalue weighted by molar-refractivity contribution is 9.18. The number of ether oxygens (including phenoxy) is 3. The fourth-order valence-corrected chi connectivity index (χ4v) is 1.38. The van der Waals surface area contributed by atoms with Gasteiger partial charge in [0.2, 0.25) is 0 Å². The lowest BCUT2D eigenvalue weighted by molar-refractivity contribution is -0.135. The van der Waals surface area contributed by atoms with Crippen molar-refractivity contribution in [3.63, 3.8) is 0 Å². The summed E-state index contributed by atoms with van der Waals surface area (Å²) >= 11 is 2.74. The summed E-state index contributed by atoms with van der Waals surface area (Å²) in [5, 5.41) is 0. The molecule has 1 rings (SSSR count). The van der Waals surface area contributed by atoms with Crippen molar-refractivity contribution >= 4 is 26.6 Å². The Morgan fingerprint density at radius 2 is 1.76 bits per heavy atom. The zero-order chi connectivity index (χ0) is 12.8. The van der Waals surface area contributed by atoms with Crippen LogP contribution in [-0.2, 0) is 14.3 Å². The lowest BCUT2D eigenvalue weighted by atomic mass is 10.2. The number of hydrogen-bond donors (Lipinski definition) is 0. The maximum atomic E-state index is 11.2. The van der Waals surface area contributed by atoms with E-state index in [4.69, 9.17) is 9.47 Å². The van der Waals surface area contributed by atoms with E-state index in [0.29, 0.717) is 11.3 Å². The van der Waals surface area contributed by atoms with E-state index in [-0.39, 0.29) is 0 Å². The van der Waals surface area contributed by atoms with E-state index in [1.165, 1.54) is 26.4 Å². The number of esters is 1. The Labute approximate surface area is 107 Å². The van der Waals surface area contributed by atoms with Gasteiger partial charge in [-0.15, -0.1) is 0 Å². The largest absolute Gasteiger partial charge is 0.465 e. The molecule has 0 saturated heterocycles. The molecule has 6 heteroatoms. The molecule has 0 radical (unpaired) electrons. The normalized spacial score (nSPS) is 11.7. The second-order valence-corrected chi connectivity index (χ2v) is 3.79. The van der Waals surface area contributed by atoms with Crippen LogP contribution in [0.5, 0.6) is 5.75 Å². The summed E-state index contributed by atoms with van der Waals surface area (Å²) in [5.41, 5.74) is 0.402. The Hall–Kier alpha value is -1.40. The van der Waals surface area contributed by atoms with Crippen molar-refractivity contribution in [3.05, 3.63) is 29.8 Å². The number of rotatable bonds is 5. The SMILES string of the molecule is COC(=O)c1ccc(OC(OC)C(=O)Br)cc1. The zero-order valence-corrected chi connectivity index (χ0v) is 10.9. The zero-order valence-electron chi connectivity index (χ0n) is 9.31. The Balaban J connectivity index is 2.74. The van der Waals surface area contributed by atoms with Gasteiger partial charge in [-0.1, -0.05) is 0 Å². The monoisotopic (exact) mass is 302 g/mol. The second kappa shape index (κ2) is 6.36. The van der Waals surface area contributed by atoms with E-state index >= 15 is 0 Å². The van der Waals surface area contributed by atoms with Crippen molar-refractivity contribution in [2.24, 2.45) is 0 Å². The van der Waals surface area contributed by atoms with Crippen LogP contribution in [0.2, 0.25) is 0 Å².